The molecule has 1 unspecified atom stereocenters. The van der Waals surface area contributed by atoms with Crippen molar-refractivity contribution in [2.24, 2.45) is 5.92 Å². The number of hydrogen-bond donors (Lipinski definition) is 1. The Hall–Kier alpha value is -1.36. The maximum atomic E-state index is 6.28. The van der Waals surface area contributed by atoms with E-state index < -0.39 is 0 Å². The van der Waals surface area contributed by atoms with Gasteiger partial charge in [-0.1, -0.05) is 29.8 Å². The lowest BCUT2D eigenvalue weighted by molar-refractivity contribution is 0.151. The molecule has 1 aromatic carbocycles. The summed E-state index contributed by atoms with van der Waals surface area (Å²) in [6.07, 6.45) is 3.61. The zero-order valence-electron chi connectivity index (χ0n) is 13.9. The second-order valence-electron chi connectivity index (χ2n) is 6.99. The first kappa shape index (κ1) is 16.1. The Labute approximate surface area is 148 Å². The standard InChI is InChI=1S/C19H24ClN3O/c20-17-4-2-1-3-16(17)19-11-18(21-22-19)15-5-8-23(9-6-15)12-14-7-10-24-13-14/h1-4,11,14-15H,5-10,12-13H2,(H,21,22). The SMILES string of the molecule is Clc1ccccc1-c1cc(C2CCN(CC3CCOC3)CC2)[nH]n1. The van der Waals surface area contributed by atoms with Crippen molar-refractivity contribution in [3.8, 4) is 11.3 Å². The molecule has 0 radical (unpaired) electrons. The molecule has 2 aromatic rings. The van der Waals surface area contributed by atoms with Gasteiger partial charge >= 0.3 is 0 Å². The summed E-state index contributed by atoms with van der Waals surface area (Å²) >= 11 is 6.28. The van der Waals surface area contributed by atoms with E-state index in [0.29, 0.717) is 5.92 Å². The van der Waals surface area contributed by atoms with Crippen LogP contribution < -0.4 is 0 Å². The average molecular weight is 346 g/mol. The van der Waals surface area contributed by atoms with Gasteiger partial charge < -0.3 is 9.64 Å². The topological polar surface area (TPSA) is 41.1 Å². The lowest BCUT2D eigenvalue weighted by Crippen LogP contribution is -2.36. The van der Waals surface area contributed by atoms with Gasteiger partial charge in [0, 0.05) is 30.3 Å². The maximum absolute atomic E-state index is 6.28. The third-order valence-electron chi connectivity index (χ3n) is 5.32. The fourth-order valence-corrected chi connectivity index (χ4v) is 4.10. The minimum absolute atomic E-state index is 0.574. The van der Waals surface area contributed by atoms with Gasteiger partial charge in [0.05, 0.1) is 17.3 Å². The van der Waals surface area contributed by atoms with Gasteiger partial charge in [0.2, 0.25) is 0 Å². The highest BCUT2D eigenvalue weighted by molar-refractivity contribution is 6.33. The number of benzene rings is 1. The Morgan fingerprint density at radius 1 is 1.21 bits per heavy atom. The van der Waals surface area contributed by atoms with Gasteiger partial charge in [0.1, 0.15) is 0 Å². The van der Waals surface area contributed by atoms with Crippen LogP contribution in [0.3, 0.4) is 0 Å². The van der Waals surface area contributed by atoms with Crippen LogP contribution in [0.4, 0.5) is 0 Å². The average Bonchev–Trinajstić information content (AvgIpc) is 3.28. The number of aromatic amines is 1. The minimum Gasteiger partial charge on any atom is -0.381 e. The van der Waals surface area contributed by atoms with Gasteiger partial charge in [0.15, 0.2) is 0 Å². The van der Waals surface area contributed by atoms with E-state index in [2.05, 4.69) is 21.2 Å². The molecular weight excluding hydrogens is 322 g/mol. The molecule has 24 heavy (non-hydrogen) atoms. The molecule has 0 saturated carbocycles. The summed E-state index contributed by atoms with van der Waals surface area (Å²) in [6, 6.07) is 10.1. The number of halogens is 1. The third kappa shape index (κ3) is 3.51. The van der Waals surface area contributed by atoms with Gasteiger partial charge in [-0.2, -0.15) is 5.10 Å². The van der Waals surface area contributed by atoms with Crippen molar-refractivity contribution in [3.63, 3.8) is 0 Å². The Bertz CT molecular complexity index is 673. The van der Waals surface area contributed by atoms with Crippen LogP contribution in [0.15, 0.2) is 30.3 Å². The molecule has 2 aliphatic heterocycles. The molecule has 3 heterocycles. The van der Waals surface area contributed by atoms with Crippen molar-refractivity contribution in [2.75, 3.05) is 32.8 Å². The van der Waals surface area contributed by atoms with Crippen LogP contribution in [-0.4, -0.2) is 47.9 Å². The second kappa shape index (κ2) is 7.26. The van der Waals surface area contributed by atoms with Gasteiger partial charge in [-0.3, -0.25) is 5.10 Å². The largest absolute Gasteiger partial charge is 0.381 e. The summed E-state index contributed by atoms with van der Waals surface area (Å²) in [7, 11) is 0. The Morgan fingerprint density at radius 2 is 2.04 bits per heavy atom. The highest BCUT2D eigenvalue weighted by Gasteiger charge is 2.25. The first-order valence-corrected chi connectivity index (χ1v) is 9.27. The van der Waals surface area contributed by atoms with Crippen molar-refractivity contribution < 1.29 is 4.74 Å². The number of aromatic nitrogens is 2. The second-order valence-corrected chi connectivity index (χ2v) is 7.40. The fourth-order valence-electron chi connectivity index (χ4n) is 3.87. The number of likely N-dealkylation sites (tertiary alicyclic amines) is 1. The zero-order valence-corrected chi connectivity index (χ0v) is 14.6. The van der Waals surface area contributed by atoms with Crippen LogP contribution in [0.2, 0.25) is 5.02 Å². The lowest BCUT2D eigenvalue weighted by atomic mass is 9.92. The molecule has 4 nitrogen and oxygen atoms in total. The van der Waals surface area contributed by atoms with Crippen molar-refractivity contribution in [2.45, 2.75) is 25.2 Å². The van der Waals surface area contributed by atoms with Gasteiger partial charge in [-0.25, -0.2) is 0 Å². The van der Waals surface area contributed by atoms with E-state index >= 15 is 0 Å². The summed E-state index contributed by atoms with van der Waals surface area (Å²) in [4.78, 5) is 2.60. The van der Waals surface area contributed by atoms with Crippen LogP contribution in [0.5, 0.6) is 0 Å². The first-order valence-electron chi connectivity index (χ1n) is 8.90. The summed E-state index contributed by atoms with van der Waals surface area (Å²) in [5, 5.41) is 8.48. The molecule has 128 valence electrons. The lowest BCUT2D eigenvalue weighted by Gasteiger charge is -2.32. The maximum Gasteiger partial charge on any atom is 0.0938 e. The molecule has 2 saturated heterocycles. The molecule has 0 aliphatic carbocycles. The van der Waals surface area contributed by atoms with E-state index in [4.69, 9.17) is 16.3 Å². The van der Waals surface area contributed by atoms with Crippen molar-refractivity contribution in [1.29, 1.82) is 0 Å². The molecule has 0 amide bonds. The minimum atomic E-state index is 0.574. The molecule has 0 spiro atoms. The van der Waals surface area contributed by atoms with E-state index in [1.165, 1.54) is 44.6 Å². The molecule has 5 heteroatoms. The fraction of sp³-hybridized carbons (Fsp3) is 0.526. The number of piperidine rings is 1. The highest BCUT2D eigenvalue weighted by Crippen LogP contribution is 2.32. The smallest absolute Gasteiger partial charge is 0.0938 e. The number of ether oxygens (including phenoxy) is 1. The number of nitrogens with zero attached hydrogens (tertiary/aromatic N) is 2. The summed E-state index contributed by atoms with van der Waals surface area (Å²) in [6.45, 7) is 5.42. The molecular formula is C19H24ClN3O. The number of H-pyrrole nitrogens is 1. The molecule has 4 rings (SSSR count). The van der Waals surface area contributed by atoms with Crippen LogP contribution >= 0.6 is 11.6 Å². The first-order chi connectivity index (χ1) is 11.8. The van der Waals surface area contributed by atoms with E-state index in [0.717, 1.165) is 35.4 Å². The Kier molecular flexibility index (Phi) is 4.88. The Balaban J connectivity index is 1.37. The van der Waals surface area contributed by atoms with Crippen molar-refractivity contribution in [1.82, 2.24) is 15.1 Å². The summed E-state index contributed by atoms with van der Waals surface area (Å²) in [5.41, 5.74) is 3.19. The van der Waals surface area contributed by atoms with E-state index in [1.54, 1.807) is 0 Å². The molecule has 1 N–H and O–H groups in total. The predicted octanol–water partition coefficient (Wildman–Crippen LogP) is 3.95. The van der Waals surface area contributed by atoms with Gasteiger partial charge in [-0.05, 0) is 50.4 Å². The van der Waals surface area contributed by atoms with E-state index in [-0.39, 0.29) is 0 Å². The molecule has 2 aliphatic rings. The third-order valence-corrected chi connectivity index (χ3v) is 5.64. The summed E-state index contributed by atoms with van der Waals surface area (Å²) in [5.74, 6) is 1.31. The van der Waals surface area contributed by atoms with Crippen LogP contribution in [0.25, 0.3) is 11.3 Å². The molecule has 2 fully saturated rings. The summed E-state index contributed by atoms with van der Waals surface area (Å²) < 4.78 is 5.49. The highest BCUT2D eigenvalue weighted by atomic mass is 35.5. The monoisotopic (exact) mass is 345 g/mol. The number of hydrogen-bond acceptors (Lipinski definition) is 3. The molecule has 1 atom stereocenters. The zero-order chi connectivity index (χ0) is 16.4. The van der Waals surface area contributed by atoms with Gasteiger partial charge in [-0.15, -0.1) is 0 Å². The van der Waals surface area contributed by atoms with Crippen molar-refractivity contribution in [3.05, 3.63) is 41.0 Å². The van der Waals surface area contributed by atoms with Gasteiger partial charge in [0.25, 0.3) is 0 Å². The predicted molar refractivity (Wildman–Crippen MR) is 96.4 cm³/mol. The quantitative estimate of drug-likeness (QED) is 0.912. The van der Waals surface area contributed by atoms with E-state index in [1.807, 2.05) is 24.3 Å². The number of nitrogens with one attached hydrogen (secondary N) is 1. The van der Waals surface area contributed by atoms with Crippen LogP contribution in [-0.2, 0) is 4.74 Å². The normalized spacial score (nSPS) is 23.0. The van der Waals surface area contributed by atoms with Crippen LogP contribution in [0, 0.1) is 5.92 Å². The van der Waals surface area contributed by atoms with E-state index in [9.17, 15) is 0 Å². The molecule has 0 bridgehead atoms. The Morgan fingerprint density at radius 3 is 2.79 bits per heavy atom. The van der Waals surface area contributed by atoms with Crippen molar-refractivity contribution >= 4 is 11.6 Å². The van der Waals surface area contributed by atoms with Crippen LogP contribution in [0.1, 0.15) is 30.9 Å². The molecule has 1 aromatic heterocycles. The number of rotatable bonds is 4.